The van der Waals surface area contributed by atoms with Crippen molar-refractivity contribution in [2.45, 2.75) is 46.6 Å². The Morgan fingerprint density at radius 1 is 1.42 bits per heavy atom. The van der Waals surface area contributed by atoms with Crippen LogP contribution in [0.4, 0.5) is 5.00 Å². The predicted octanol–water partition coefficient (Wildman–Crippen LogP) is 2.95. The molecule has 0 fully saturated rings. The van der Waals surface area contributed by atoms with Crippen LogP contribution in [0.15, 0.2) is 0 Å². The quantitative estimate of drug-likeness (QED) is 0.787. The lowest BCUT2D eigenvalue weighted by atomic mass is 10.2. The minimum atomic E-state index is -0.0247. The second-order valence-electron chi connectivity index (χ2n) is 4.86. The molecule has 0 unspecified atom stereocenters. The first-order valence-electron chi connectivity index (χ1n) is 6.49. The Balaban J connectivity index is 2.49. The van der Waals surface area contributed by atoms with Crippen molar-refractivity contribution in [1.82, 2.24) is 5.32 Å². The average Bonchev–Trinajstić information content (AvgIpc) is 2.60. The van der Waals surface area contributed by atoms with Gasteiger partial charge in [-0.15, -0.1) is 11.3 Å². The largest absolute Gasteiger partial charge is 0.317 e. The Morgan fingerprint density at radius 2 is 2.11 bits per heavy atom. The SMILES string of the molecule is Cc1sc(NC(=O)CCCNC(C)C)c(C#N)c1C. The lowest BCUT2D eigenvalue weighted by Gasteiger charge is -2.07. The van der Waals surface area contributed by atoms with E-state index < -0.39 is 0 Å². The molecule has 5 heteroatoms. The number of nitrogens with zero attached hydrogens (tertiary/aromatic N) is 1. The van der Waals surface area contributed by atoms with Crippen molar-refractivity contribution in [3.8, 4) is 6.07 Å². The number of carbonyl (C=O) groups is 1. The molecule has 1 aromatic rings. The molecule has 19 heavy (non-hydrogen) atoms. The van der Waals surface area contributed by atoms with E-state index in [4.69, 9.17) is 5.26 Å². The minimum Gasteiger partial charge on any atom is -0.317 e. The molecule has 0 saturated heterocycles. The number of hydrogen-bond acceptors (Lipinski definition) is 4. The van der Waals surface area contributed by atoms with Crippen molar-refractivity contribution in [2.75, 3.05) is 11.9 Å². The van der Waals surface area contributed by atoms with E-state index in [9.17, 15) is 4.79 Å². The molecule has 104 valence electrons. The van der Waals surface area contributed by atoms with Gasteiger partial charge in [-0.3, -0.25) is 4.79 Å². The molecular weight excluding hydrogens is 258 g/mol. The summed E-state index contributed by atoms with van der Waals surface area (Å²) in [6, 6.07) is 2.60. The first-order valence-corrected chi connectivity index (χ1v) is 7.30. The molecule has 0 aliphatic heterocycles. The number of carbonyl (C=O) groups excluding carboxylic acids is 1. The van der Waals surface area contributed by atoms with Crippen LogP contribution in [0, 0.1) is 25.2 Å². The standard InChI is InChI=1S/C14H21N3OS/c1-9(2)16-7-5-6-13(18)17-14-12(8-15)10(3)11(4)19-14/h9,16H,5-7H2,1-4H3,(H,17,18). The molecule has 0 aromatic carbocycles. The van der Waals surface area contributed by atoms with Gasteiger partial charge in [0.15, 0.2) is 0 Å². The van der Waals surface area contributed by atoms with Crippen molar-refractivity contribution in [1.29, 1.82) is 5.26 Å². The number of rotatable bonds is 6. The van der Waals surface area contributed by atoms with Gasteiger partial charge >= 0.3 is 0 Å². The van der Waals surface area contributed by atoms with Crippen LogP contribution < -0.4 is 10.6 Å². The van der Waals surface area contributed by atoms with Gasteiger partial charge in [0.1, 0.15) is 11.1 Å². The van der Waals surface area contributed by atoms with E-state index in [1.807, 2.05) is 13.8 Å². The maximum Gasteiger partial charge on any atom is 0.225 e. The van der Waals surface area contributed by atoms with Crippen molar-refractivity contribution < 1.29 is 4.79 Å². The van der Waals surface area contributed by atoms with Crippen LogP contribution in [-0.4, -0.2) is 18.5 Å². The molecular formula is C14H21N3OS. The van der Waals surface area contributed by atoms with Crippen LogP contribution >= 0.6 is 11.3 Å². The summed E-state index contributed by atoms with van der Waals surface area (Å²) in [6.45, 7) is 8.86. The summed E-state index contributed by atoms with van der Waals surface area (Å²) in [5, 5.41) is 15.9. The fourth-order valence-corrected chi connectivity index (χ4v) is 2.71. The topological polar surface area (TPSA) is 64.9 Å². The number of anilines is 1. The summed E-state index contributed by atoms with van der Waals surface area (Å²) in [7, 11) is 0. The second-order valence-corrected chi connectivity index (χ2v) is 6.08. The van der Waals surface area contributed by atoms with E-state index in [0.717, 1.165) is 23.4 Å². The predicted molar refractivity (Wildman–Crippen MR) is 79.5 cm³/mol. The van der Waals surface area contributed by atoms with Crippen molar-refractivity contribution in [3.63, 3.8) is 0 Å². The lowest BCUT2D eigenvalue weighted by Crippen LogP contribution is -2.24. The van der Waals surface area contributed by atoms with Crippen LogP contribution in [-0.2, 0) is 4.79 Å². The summed E-state index contributed by atoms with van der Waals surface area (Å²) in [5.41, 5.74) is 1.56. The molecule has 0 aliphatic carbocycles. The van der Waals surface area contributed by atoms with Crippen LogP contribution in [0.2, 0.25) is 0 Å². The summed E-state index contributed by atoms with van der Waals surface area (Å²) >= 11 is 1.47. The fourth-order valence-electron chi connectivity index (χ4n) is 1.68. The van der Waals surface area contributed by atoms with Crippen LogP contribution in [0.1, 0.15) is 42.7 Å². The van der Waals surface area contributed by atoms with E-state index in [0.29, 0.717) is 23.0 Å². The van der Waals surface area contributed by atoms with E-state index in [-0.39, 0.29) is 5.91 Å². The lowest BCUT2D eigenvalue weighted by molar-refractivity contribution is -0.116. The van der Waals surface area contributed by atoms with Crippen molar-refractivity contribution in [3.05, 3.63) is 16.0 Å². The Kier molecular flexibility index (Phi) is 6.00. The van der Waals surface area contributed by atoms with E-state index in [1.54, 1.807) is 0 Å². The maximum atomic E-state index is 11.8. The first-order chi connectivity index (χ1) is 8.95. The van der Waals surface area contributed by atoms with Crippen molar-refractivity contribution in [2.24, 2.45) is 0 Å². The van der Waals surface area contributed by atoms with Gasteiger partial charge in [-0.2, -0.15) is 5.26 Å². The third-order valence-corrected chi connectivity index (χ3v) is 4.01. The molecule has 1 aromatic heterocycles. The van der Waals surface area contributed by atoms with Crippen LogP contribution in [0.25, 0.3) is 0 Å². The van der Waals surface area contributed by atoms with Crippen LogP contribution in [0.3, 0.4) is 0 Å². The minimum absolute atomic E-state index is 0.0247. The highest BCUT2D eigenvalue weighted by Crippen LogP contribution is 2.31. The highest BCUT2D eigenvalue weighted by molar-refractivity contribution is 7.16. The highest BCUT2D eigenvalue weighted by atomic mass is 32.1. The van der Waals surface area contributed by atoms with E-state index in [1.165, 1.54) is 11.3 Å². The number of amides is 1. The van der Waals surface area contributed by atoms with E-state index >= 15 is 0 Å². The molecule has 0 aliphatic rings. The summed E-state index contributed by atoms with van der Waals surface area (Å²) in [5.74, 6) is -0.0247. The summed E-state index contributed by atoms with van der Waals surface area (Å²) in [6.07, 6.45) is 1.27. The zero-order valence-electron chi connectivity index (χ0n) is 12.0. The molecule has 0 spiro atoms. The number of nitriles is 1. The molecule has 4 nitrogen and oxygen atoms in total. The first kappa shape index (κ1) is 15.7. The third-order valence-electron chi connectivity index (χ3n) is 2.88. The zero-order valence-corrected chi connectivity index (χ0v) is 12.8. The molecule has 0 radical (unpaired) electrons. The Labute approximate surface area is 118 Å². The van der Waals surface area contributed by atoms with Gasteiger partial charge in [-0.25, -0.2) is 0 Å². The molecule has 0 atom stereocenters. The summed E-state index contributed by atoms with van der Waals surface area (Å²) < 4.78 is 0. The normalized spacial score (nSPS) is 10.5. The highest BCUT2D eigenvalue weighted by Gasteiger charge is 2.14. The zero-order chi connectivity index (χ0) is 14.4. The smallest absolute Gasteiger partial charge is 0.225 e. The van der Waals surface area contributed by atoms with Gasteiger partial charge in [-0.1, -0.05) is 13.8 Å². The fraction of sp³-hybridized carbons (Fsp3) is 0.571. The number of nitrogens with one attached hydrogen (secondary N) is 2. The Bertz CT molecular complexity index is 486. The third kappa shape index (κ3) is 4.66. The van der Waals surface area contributed by atoms with Crippen LogP contribution in [0.5, 0.6) is 0 Å². The maximum absolute atomic E-state index is 11.8. The number of hydrogen-bond donors (Lipinski definition) is 2. The number of thiophene rings is 1. The Morgan fingerprint density at radius 3 is 2.68 bits per heavy atom. The monoisotopic (exact) mass is 279 g/mol. The molecule has 0 saturated carbocycles. The number of aryl methyl sites for hydroxylation is 1. The summed E-state index contributed by atoms with van der Waals surface area (Å²) in [4.78, 5) is 12.9. The van der Waals surface area contributed by atoms with Gasteiger partial charge in [-0.05, 0) is 32.4 Å². The Hall–Kier alpha value is -1.38. The van der Waals surface area contributed by atoms with Crippen molar-refractivity contribution >= 4 is 22.2 Å². The van der Waals surface area contributed by atoms with Gasteiger partial charge in [0.2, 0.25) is 5.91 Å². The molecule has 1 rings (SSSR count). The van der Waals surface area contributed by atoms with Gasteiger partial charge < -0.3 is 10.6 Å². The van der Waals surface area contributed by atoms with Gasteiger partial charge in [0.05, 0.1) is 5.56 Å². The molecule has 0 bridgehead atoms. The second kappa shape index (κ2) is 7.27. The molecule has 1 amide bonds. The average molecular weight is 279 g/mol. The molecule has 1 heterocycles. The molecule has 2 N–H and O–H groups in total. The van der Waals surface area contributed by atoms with E-state index in [2.05, 4.69) is 30.6 Å². The van der Waals surface area contributed by atoms with Gasteiger partial charge in [0, 0.05) is 17.3 Å². The van der Waals surface area contributed by atoms with Gasteiger partial charge in [0.25, 0.3) is 0 Å².